The molecule has 0 unspecified atom stereocenters. The summed E-state index contributed by atoms with van der Waals surface area (Å²) in [6.45, 7) is 7.63. The number of benzene rings is 1. The zero-order valence-electron chi connectivity index (χ0n) is 19.6. The maximum Gasteiger partial charge on any atom is 0.253 e. The number of aryl methyl sites for hydroxylation is 1. The number of nitrogens with one attached hydrogen (secondary N) is 1. The molecule has 1 aromatic heterocycles. The van der Waals surface area contributed by atoms with Gasteiger partial charge in [-0.25, -0.2) is 0 Å². The number of aromatic nitrogens is 1. The molecule has 2 amide bonds. The van der Waals surface area contributed by atoms with E-state index in [1.165, 1.54) is 11.3 Å². The average molecular weight is 435 g/mol. The Labute approximate surface area is 191 Å². The molecule has 0 saturated carbocycles. The Hall–Kier alpha value is -2.89. The van der Waals surface area contributed by atoms with Crippen LogP contribution in [-0.4, -0.2) is 47.9 Å². The van der Waals surface area contributed by atoms with Gasteiger partial charge in [-0.3, -0.25) is 14.6 Å². The first kappa shape index (κ1) is 22.3. The van der Waals surface area contributed by atoms with Crippen LogP contribution in [0.15, 0.2) is 42.7 Å². The number of carbonyl (C=O) groups excluding carboxylic acids is 2. The van der Waals surface area contributed by atoms with Crippen LogP contribution in [0.4, 0.5) is 5.69 Å². The lowest BCUT2D eigenvalue weighted by molar-refractivity contribution is -0.129. The number of fused-ring (bicyclic) bond motifs is 1. The van der Waals surface area contributed by atoms with E-state index in [0.717, 1.165) is 44.3 Å². The molecule has 1 N–H and O–H groups in total. The van der Waals surface area contributed by atoms with Crippen LogP contribution in [0.1, 0.15) is 67.6 Å². The lowest BCUT2D eigenvalue weighted by Crippen LogP contribution is -2.45. The molecule has 4 rings (SSSR count). The number of rotatable bonds is 4. The van der Waals surface area contributed by atoms with Crippen molar-refractivity contribution in [3.63, 3.8) is 0 Å². The predicted octanol–water partition coefficient (Wildman–Crippen LogP) is 3.97. The second-order valence-electron chi connectivity index (χ2n) is 10.1. The van der Waals surface area contributed by atoms with Crippen molar-refractivity contribution in [2.75, 3.05) is 25.0 Å². The van der Waals surface area contributed by atoms with Gasteiger partial charge in [0.25, 0.3) is 5.91 Å². The second-order valence-corrected chi connectivity index (χ2v) is 10.1. The molecule has 2 aromatic rings. The van der Waals surface area contributed by atoms with Crippen molar-refractivity contribution >= 4 is 17.5 Å². The Morgan fingerprint density at radius 1 is 1.06 bits per heavy atom. The lowest BCUT2D eigenvalue weighted by atomic mass is 9.94. The minimum Gasteiger partial charge on any atom is -0.371 e. The van der Waals surface area contributed by atoms with Gasteiger partial charge in [0, 0.05) is 55.2 Å². The molecular weight excluding hydrogens is 400 g/mol. The number of hydrogen-bond donors (Lipinski definition) is 1. The minimum atomic E-state index is -0.429. The molecule has 0 radical (unpaired) electrons. The maximum atomic E-state index is 13.3. The third-order valence-corrected chi connectivity index (χ3v) is 6.82. The molecule has 32 heavy (non-hydrogen) atoms. The highest BCUT2D eigenvalue weighted by molar-refractivity contribution is 5.94. The van der Waals surface area contributed by atoms with E-state index in [2.05, 4.69) is 21.3 Å². The maximum absolute atomic E-state index is 13.3. The third-order valence-electron chi connectivity index (χ3n) is 6.82. The average Bonchev–Trinajstić information content (AvgIpc) is 3.20. The topological polar surface area (TPSA) is 65.5 Å². The van der Waals surface area contributed by atoms with Crippen molar-refractivity contribution in [2.45, 2.75) is 58.5 Å². The van der Waals surface area contributed by atoms with E-state index in [-0.39, 0.29) is 23.9 Å². The number of anilines is 1. The number of hydrogen-bond acceptors (Lipinski definition) is 4. The molecule has 1 aliphatic carbocycles. The molecule has 2 aliphatic rings. The summed E-state index contributed by atoms with van der Waals surface area (Å²) in [5, 5.41) is 3.18. The van der Waals surface area contributed by atoms with E-state index >= 15 is 0 Å². The van der Waals surface area contributed by atoms with Gasteiger partial charge in [-0.05, 0) is 61.1 Å². The van der Waals surface area contributed by atoms with Crippen molar-refractivity contribution in [2.24, 2.45) is 5.41 Å². The minimum absolute atomic E-state index is 0.0154. The SMILES string of the molecule is CN(C(=O)c1ccc2c(c1)[C@H](NC(=O)C(C)(C)C)CC2)C1CCN(c2ccncc2)CC1. The van der Waals surface area contributed by atoms with Crippen LogP contribution in [0, 0.1) is 5.41 Å². The number of nitrogens with zero attached hydrogens (tertiary/aromatic N) is 3. The Kier molecular flexibility index (Phi) is 6.22. The fourth-order valence-electron chi connectivity index (χ4n) is 4.70. The zero-order chi connectivity index (χ0) is 22.9. The lowest BCUT2D eigenvalue weighted by Gasteiger charge is -2.38. The van der Waals surface area contributed by atoms with Gasteiger partial charge in [0.2, 0.25) is 5.91 Å². The van der Waals surface area contributed by atoms with Crippen LogP contribution in [0.25, 0.3) is 0 Å². The molecule has 0 bridgehead atoms. The van der Waals surface area contributed by atoms with E-state index in [0.29, 0.717) is 5.56 Å². The first-order valence-electron chi connectivity index (χ1n) is 11.6. The smallest absolute Gasteiger partial charge is 0.253 e. The van der Waals surface area contributed by atoms with Crippen molar-refractivity contribution in [1.29, 1.82) is 0 Å². The summed E-state index contributed by atoms with van der Waals surface area (Å²) in [6, 6.07) is 10.3. The number of pyridine rings is 1. The third kappa shape index (κ3) is 4.64. The molecule has 1 aromatic carbocycles. The highest BCUT2D eigenvalue weighted by atomic mass is 16.2. The van der Waals surface area contributed by atoms with Gasteiger partial charge in [0.15, 0.2) is 0 Å². The normalized spacial score (nSPS) is 18.9. The van der Waals surface area contributed by atoms with Crippen LogP contribution < -0.4 is 10.2 Å². The van der Waals surface area contributed by atoms with Crippen molar-refractivity contribution in [3.05, 3.63) is 59.4 Å². The van der Waals surface area contributed by atoms with Crippen LogP contribution in [0.2, 0.25) is 0 Å². The number of carbonyl (C=O) groups is 2. The Bertz CT molecular complexity index is 975. The quantitative estimate of drug-likeness (QED) is 0.791. The number of amides is 2. The first-order valence-corrected chi connectivity index (χ1v) is 11.6. The van der Waals surface area contributed by atoms with Gasteiger partial charge in [-0.1, -0.05) is 26.8 Å². The molecule has 6 nitrogen and oxygen atoms in total. The van der Waals surface area contributed by atoms with Gasteiger partial charge in [-0.15, -0.1) is 0 Å². The summed E-state index contributed by atoms with van der Waals surface area (Å²) in [5.74, 6) is 0.105. The predicted molar refractivity (Wildman–Crippen MR) is 127 cm³/mol. The van der Waals surface area contributed by atoms with E-state index in [4.69, 9.17) is 0 Å². The van der Waals surface area contributed by atoms with E-state index in [9.17, 15) is 9.59 Å². The fourth-order valence-corrected chi connectivity index (χ4v) is 4.70. The van der Waals surface area contributed by atoms with Gasteiger partial charge >= 0.3 is 0 Å². The van der Waals surface area contributed by atoms with Crippen molar-refractivity contribution in [1.82, 2.24) is 15.2 Å². The molecule has 1 aliphatic heterocycles. The molecule has 2 heterocycles. The second kappa shape index (κ2) is 8.93. The monoisotopic (exact) mass is 434 g/mol. The summed E-state index contributed by atoms with van der Waals surface area (Å²) in [7, 11) is 1.92. The molecule has 1 fully saturated rings. The Balaban J connectivity index is 1.42. The van der Waals surface area contributed by atoms with Crippen molar-refractivity contribution in [3.8, 4) is 0 Å². The highest BCUT2D eigenvalue weighted by Gasteiger charge is 2.31. The number of piperidine rings is 1. The van der Waals surface area contributed by atoms with Gasteiger partial charge in [0.1, 0.15) is 0 Å². The molecule has 170 valence electrons. The highest BCUT2D eigenvalue weighted by Crippen LogP contribution is 2.33. The van der Waals surface area contributed by atoms with Gasteiger partial charge in [0.05, 0.1) is 6.04 Å². The van der Waals surface area contributed by atoms with Crippen LogP contribution >= 0.6 is 0 Å². The molecule has 1 saturated heterocycles. The van der Waals surface area contributed by atoms with E-state index in [1.54, 1.807) is 0 Å². The van der Waals surface area contributed by atoms with Crippen LogP contribution in [0.5, 0.6) is 0 Å². The van der Waals surface area contributed by atoms with E-state index < -0.39 is 5.41 Å². The molecule has 0 spiro atoms. The molecule has 1 atom stereocenters. The summed E-state index contributed by atoms with van der Waals surface area (Å²) in [5.41, 5.74) is 3.79. The Morgan fingerprint density at radius 3 is 2.41 bits per heavy atom. The largest absolute Gasteiger partial charge is 0.371 e. The molecular formula is C26H34N4O2. The standard InChI is InChI=1S/C26H34N4O2/c1-26(2,3)25(32)28-23-8-7-18-5-6-19(17-22(18)23)24(31)29(4)20-11-15-30(16-12-20)21-9-13-27-14-10-21/h5-6,9-10,13-14,17,20,23H,7-8,11-12,15-16H2,1-4H3,(H,28,32)/t23-/m1/s1. The van der Waals surface area contributed by atoms with Crippen LogP contribution in [-0.2, 0) is 11.2 Å². The summed E-state index contributed by atoms with van der Waals surface area (Å²) in [4.78, 5) is 34.2. The summed E-state index contributed by atoms with van der Waals surface area (Å²) >= 11 is 0. The van der Waals surface area contributed by atoms with Gasteiger partial charge in [-0.2, -0.15) is 0 Å². The summed E-state index contributed by atoms with van der Waals surface area (Å²) in [6.07, 6.45) is 7.35. The van der Waals surface area contributed by atoms with E-state index in [1.807, 2.05) is 69.4 Å². The van der Waals surface area contributed by atoms with Crippen molar-refractivity contribution < 1.29 is 9.59 Å². The molecule has 6 heteroatoms. The summed E-state index contributed by atoms with van der Waals surface area (Å²) < 4.78 is 0. The zero-order valence-corrected chi connectivity index (χ0v) is 19.6. The van der Waals surface area contributed by atoms with Gasteiger partial charge < -0.3 is 15.1 Å². The first-order chi connectivity index (χ1) is 15.2. The Morgan fingerprint density at radius 2 is 1.75 bits per heavy atom. The fraction of sp³-hybridized carbons (Fsp3) is 0.500. The van der Waals surface area contributed by atoms with Crippen LogP contribution in [0.3, 0.4) is 0 Å².